The van der Waals surface area contributed by atoms with Crippen LogP contribution in [-0.4, -0.2) is 17.9 Å². The van der Waals surface area contributed by atoms with Gasteiger partial charge in [0.25, 0.3) is 0 Å². The van der Waals surface area contributed by atoms with Crippen molar-refractivity contribution in [1.82, 2.24) is 17.9 Å². The van der Waals surface area contributed by atoms with Crippen LogP contribution in [0.15, 0.2) is 170 Å². The summed E-state index contributed by atoms with van der Waals surface area (Å²) in [7, 11) is 0. The molecule has 6 heterocycles. The average Bonchev–Trinajstić information content (AvgIpc) is 4.17. The predicted octanol–water partition coefficient (Wildman–Crippen LogP) is 17.6. The molecule has 0 atom stereocenters. The Hall–Kier alpha value is -7.82. The summed E-state index contributed by atoms with van der Waals surface area (Å²) in [5.41, 5.74) is 18.1. The van der Waals surface area contributed by atoms with E-state index in [2.05, 4.69) is 229 Å². The molecule has 0 saturated carbocycles. The Bertz CT molecular complexity index is 4300. The van der Waals surface area contributed by atoms with Gasteiger partial charge in [0.15, 0.2) is 0 Å². The van der Waals surface area contributed by atoms with Crippen molar-refractivity contribution in [3.63, 3.8) is 0 Å². The van der Waals surface area contributed by atoms with Crippen molar-refractivity contribution in [3.05, 3.63) is 170 Å². The third kappa shape index (κ3) is 4.84. The average molecular weight is 875 g/mol. The highest BCUT2D eigenvalue weighted by molar-refractivity contribution is 6.40. The van der Waals surface area contributed by atoms with Crippen LogP contribution in [0.4, 0.5) is 0 Å². The van der Waals surface area contributed by atoms with Crippen LogP contribution in [0.3, 0.4) is 0 Å². The number of nitrogens with zero attached hydrogens (tertiary/aromatic N) is 4. The number of fused-ring (bicyclic) bond motifs is 20. The molecule has 0 spiro atoms. The summed E-state index contributed by atoms with van der Waals surface area (Å²) >= 11 is 0. The lowest BCUT2D eigenvalue weighted by atomic mass is 9.89. The first-order valence-corrected chi connectivity index (χ1v) is 24.4. The van der Waals surface area contributed by atoms with E-state index in [1.807, 2.05) is 0 Å². The van der Waals surface area contributed by atoms with Crippen molar-refractivity contribution < 1.29 is 0 Å². The highest BCUT2D eigenvalue weighted by Gasteiger charge is 2.32. The van der Waals surface area contributed by atoms with Crippen LogP contribution >= 0.6 is 0 Å². The third-order valence-electron chi connectivity index (χ3n) is 15.2. The molecule has 0 fully saturated rings. The van der Waals surface area contributed by atoms with E-state index in [1.165, 1.54) is 142 Å². The van der Waals surface area contributed by atoms with Crippen LogP contribution < -0.4 is 0 Å². The molecule has 68 heavy (non-hydrogen) atoms. The van der Waals surface area contributed by atoms with Crippen LogP contribution in [0.2, 0.25) is 0 Å². The van der Waals surface area contributed by atoms with Gasteiger partial charge in [-0.05, 0) is 46.2 Å². The molecule has 0 aliphatic rings. The summed E-state index contributed by atoms with van der Waals surface area (Å²) in [6, 6.07) is 64.5. The highest BCUT2D eigenvalue weighted by atomic mass is 15.0. The van der Waals surface area contributed by atoms with E-state index in [1.54, 1.807) is 0 Å². The molecule has 0 radical (unpaired) electrons. The Morgan fingerprint density at radius 1 is 0.279 bits per heavy atom. The minimum Gasteiger partial charge on any atom is -0.339 e. The lowest BCUT2D eigenvalue weighted by Crippen LogP contribution is -2.15. The summed E-state index contributed by atoms with van der Waals surface area (Å²) in [5, 5.41) is 15.7. The predicted molar refractivity (Wildman–Crippen MR) is 292 cm³/mol. The SMILES string of the molecule is CC(C)(C)Cn1c2ccccc2c2ccc3c(c4cccc5c6c(-c7ccccc7)c7c(c(-c8ccccc8)c6n3c54)c3cccc4c5c6c(ccc5n7c34)c3ccccc3n6CC(C)(C)C)c21. The van der Waals surface area contributed by atoms with Crippen LogP contribution in [0, 0.1) is 10.8 Å². The molecule has 326 valence electrons. The van der Waals surface area contributed by atoms with Crippen molar-refractivity contribution in [2.75, 3.05) is 0 Å². The van der Waals surface area contributed by atoms with Gasteiger partial charge in [-0.3, -0.25) is 0 Å². The lowest BCUT2D eigenvalue weighted by Gasteiger charge is -2.21. The van der Waals surface area contributed by atoms with Crippen LogP contribution in [0.1, 0.15) is 41.5 Å². The topological polar surface area (TPSA) is 18.7 Å². The number of benzene rings is 9. The Balaban J connectivity index is 1.22. The number of hydrogen-bond acceptors (Lipinski definition) is 0. The monoisotopic (exact) mass is 874 g/mol. The molecule has 9 aromatic carbocycles. The Kier molecular flexibility index (Phi) is 7.32. The first-order chi connectivity index (χ1) is 33.1. The molecule has 0 aliphatic carbocycles. The van der Waals surface area contributed by atoms with Gasteiger partial charge >= 0.3 is 0 Å². The first kappa shape index (κ1) is 38.3. The van der Waals surface area contributed by atoms with Crippen LogP contribution in [0.5, 0.6) is 0 Å². The smallest absolute Gasteiger partial charge is 0.0634 e. The fourth-order valence-electron chi connectivity index (χ4n) is 13.0. The standard InChI is InChI=1S/C64H50N4/c1-63(2,3)35-65-47-29-15-13-23-39(47)41-31-33-49-53(59(41)65)43-25-17-27-45-55-52(38-21-11-8-12-22-38)62-56(51(37-19-9-7-10-20-37)61(55)67(49)57(43)45)46-28-18-26-44-54-50(68(62)58(44)46)34-32-42-40-24-14-16-30-48(40)66(60(42)54)36-64(4,5)6/h7-34H,35-36H2,1-6H3. The van der Waals surface area contributed by atoms with E-state index < -0.39 is 0 Å². The molecular weight excluding hydrogens is 825 g/mol. The zero-order valence-electron chi connectivity index (χ0n) is 39.4. The molecule has 0 aliphatic heterocycles. The summed E-state index contributed by atoms with van der Waals surface area (Å²) in [4.78, 5) is 0. The molecule has 0 unspecified atom stereocenters. The highest BCUT2D eigenvalue weighted by Crippen LogP contribution is 2.55. The van der Waals surface area contributed by atoms with Crippen molar-refractivity contribution in [2.24, 2.45) is 10.8 Å². The van der Waals surface area contributed by atoms with Crippen LogP contribution in [-0.2, 0) is 13.1 Å². The van der Waals surface area contributed by atoms with Gasteiger partial charge < -0.3 is 17.9 Å². The molecule has 6 aromatic heterocycles. The Labute approximate surface area is 393 Å². The van der Waals surface area contributed by atoms with Gasteiger partial charge in [0.05, 0.1) is 44.1 Å². The molecule has 0 saturated heterocycles. The quantitative estimate of drug-likeness (QED) is 0.168. The molecule has 15 aromatic rings. The zero-order valence-corrected chi connectivity index (χ0v) is 39.4. The summed E-state index contributed by atoms with van der Waals surface area (Å²) < 4.78 is 10.6. The maximum absolute atomic E-state index is 2.67. The number of para-hydroxylation sites is 4. The van der Waals surface area contributed by atoms with E-state index >= 15 is 0 Å². The Morgan fingerprint density at radius 2 is 0.632 bits per heavy atom. The maximum atomic E-state index is 2.67. The third-order valence-corrected chi connectivity index (χ3v) is 15.2. The minimum absolute atomic E-state index is 0.0758. The van der Waals surface area contributed by atoms with Gasteiger partial charge in [-0.25, -0.2) is 0 Å². The van der Waals surface area contributed by atoms with E-state index in [-0.39, 0.29) is 10.8 Å². The number of aromatic nitrogens is 4. The van der Waals surface area contributed by atoms with Crippen molar-refractivity contribution >= 4 is 120 Å². The summed E-state index contributed by atoms with van der Waals surface area (Å²) in [5.74, 6) is 0. The lowest BCUT2D eigenvalue weighted by molar-refractivity contribution is 0.354. The van der Waals surface area contributed by atoms with Crippen molar-refractivity contribution in [1.29, 1.82) is 0 Å². The normalized spacial score (nSPS) is 13.3. The molecule has 0 amide bonds. The maximum Gasteiger partial charge on any atom is 0.0634 e. The first-order valence-electron chi connectivity index (χ1n) is 24.4. The fraction of sp³-hybridized carbons (Fsp3) is 0.156. The van der Waals surface area contributed by atoms with Crippen molar-refractivity contribution in [2.45, 2.75) is 54.6 Å². The molecule has 0 N–H and O–H groups in total. The van der Waals surface area contributed by atoms with E-state index in [9.17, 15) is 0 Å². The second kappa shape index (κ2) is 13.0. The van der Waals surface area contributed by atoms with Gasteiger partial charge in [-0.15, -0.1) is 0 Å². The van der Waals surface area contributed by atoms with Gasteiger partial charge in [0, 0.05) is 99.9 Å². The van der Waals surface area contributed by atoms with Gasteiger partial charge in [0.1, 0.15) is 0 Å². The largest absolute Gasteiger partial charge is 0.339 e. The summed E-state index contributed by atoms with van der Waals surface area (Å²) in [6.45, 7) is 16.0. The molecular formula is C64H50N4. The molecule has 15 rings (SSSR count). The number of hydrogen-bond donors (Lipinski definition) is 0. The van der Waals surface area contributed by atoms with Gasteiger partial charge in [0.2, 0.25) is 0 Å². The van der Waals surface area contributed by atoms with E-state index in [4.69, 9.17) is 0 Å². The molecule has 0 bridgehead atoms. The number of rotatable bonds is 4. The zero-order chi connectivity index (χ0) is 45.5. The fourth-order valence-corrected chi connectivity index (χ4v) is 13.0. The van der Waals surface area contributed by atoms with Crippen LogP contribution in [0.25, 0.3) is 142 Å². The second-order valence-corrected chi connectivity index (χ2v) is 22.0. The van der Waals surface area contributed by atoms with Gasteiger partial charge in [-0.1, -0.05) is 187 Å². The van der Waals surface area contributed by atoms with Gasteiger partial charge in [-0.2, -0.15) is 0 Å². The minimum atomic E-state index is 0.0758. The van der Waals surface area contributed by atoms with E-state index in [0.717, 1.165) is 13.1 Å². The van der Waals surface area contributed by atoms with Crippen molar-refractivity contribution in [3.8, 4) is 22.3 Å². The molecule has 4 nitrogen and oxygen atoms in total. The van der Waals surface area contributed by atoms with E-state index in [0.29, 0.717) is 0 Å². The second-order valence-electron chi connectivity index (χ2n) is 22.0. The summed E-state index contributed by atoms with van der Waals surface area (Å²) in [6.07, 6.45) is 0. The Morgan fingerprint density at radius 3 is 1.03 bits per heavy atom. The molecule has 4 heteroatoms.